The molecule has 182 valence electrons. The van der Waals surface area contributed by atoms with E-state index in [1.807, 2.05) is 0 Å². The Morgan fingerprint density at radius 1 is 0.484 bits per heavy atom. The van der Waals surface area contributed by atoms with Crippen molar-refractivity contribution in [3.05, 3.63) is 0 Å². The number of unbranched alkanes of at least 4 members (excludes halogenated alkanes) is 19. The summed E-state index contributed by atoms with van der Waals surface area (Å²) in [5, 5.41) is -0.648. The van der Waals surface area contributed by atoms with Crippen LogP contribution < -0.4 is 51.4 Å². The van der Waals surface area contributed by atoms with Crippen molar-refractivity contribution in [1.82, 2.24) is 0 Å². The van der Waals surface area contributed by atoms with Gasteiger partial charge >= 0.3 is 51.4 Å². The summed E-state index contributed by atoms with van der Waals surface area (Å²) in [5.41, 5.74) is 0. The van der Waals surface area contributed by atoms with Gasteiger partial charge in [-0.3, -0.25) is 0 Å². The first-order valence-corrected chi connectivity index (χ1v) is 14.9. The van der Waals surface area contributed by atoms with Crippen LogP contribution in [0.1, 0.15) is 162 Å². The molecule has 1 unspecified atom stereocenters. The van der Waals surface area contributed by atoms with Crippen molar-refractivity contribution in [3.8, 4) is 0 Å². The van der Waals surface area contributed by atoms with Gasteiger partial charge in [0.2, 0.25) is 0 Å². The minimum absolute atomic E-state index is 0. The molecular formula is C26H53KO3S. The van der Waals surface area contributed by atoms with Crippen molar-refractivity contribution in [2.24, 2.45) is 0 Å². The smallest absolute Gasteiger partial charge is 0.748 e. The van der Waals surface area contributed by atoms with E-state index in [2.05, 4.69) is 13.8 Å². The fraction of sp³-hybridized carbons (Fsp3) is 1.00. The van der Waals surface area contributed by atoms with E-state index in [9.17, 15) is 13.0 Å². The Kier molecular flexibility index (Phi) is 29.3. The number of rotatable bonds is 24. The molecule has 0 rings (SSSR count). The number of hydrogen-bond donors (Lipinski definition) is 0. The largest absolute Gasteiger partial charge is 1.00 e. The second-order valence-electron chi connectivity index (χ2n) is 9.41. The summed E-state index contributed by atoms with van der Waals surface area (Å²) in [7, 11) is -4.14. The third-order valence-corrected chi connectivity index (χ3v) is 7.71. The third kappa shape index (κ3) is 26.0. The predicted molar refractivity (Wildman–Crippen MR) is 131 cm³/mol. The Hall–Kier alpha value is 1.55. The second kappa shape index (κ2) is 26.2. The molecule has 0 saturated carbocycles. The van der Waals surface area contributed by atoms with Gasteiger partial charge in [-0.05, 0) is 12.8 Å². The van der Waals surface area contributed by atoms with Crippen LogP contribution in [0.5, 0.6) is 0 Å². The molecule has 0 aliphatic heterocycles. The Morgan fingerprint density at radius 2 is 0.710 bits per heavy atom. The molecule has 0 saturated heterocycles. The van der Waals surface area contributed by atoms with Crippen LogP contribution in [0.3, 0.4) is 0 Å². The standard InChI is InChI=1S/C26H54O3S.K/c1-3-5-7-9-11-13-14-15-16-17-19-21-23-25-26(30(27,28)29)24-22-20-18-12-10-8-6-4-2;/h26H,3-25H2,1-2H3,(H,27,28,29);/q;+1/p-1. The van der Waals surface area contributed by atoms with Crippen LogP contribution in [0, 0.1) is 0 Å². The van der Waals surface area contributed by atoms with Crippen molar-refractivity contribution < 1.29 is 64.4 Å². The molecule has 0 aromatic rings. The predicted octanol–water partition coefficient (Wildman–Crippen LogP) is 5.92. The van der Waals surface area contributed by atoms with Gasteiger partial charge in [0.1, 0.15) is 0 Å². The van der Waals surface area contributed by atoms with Gasteiger partial charge in [-0.2, -0.15) is 0 Å². The van der Waals surface area contributed by atoms with E-state index in [0.717, 1.165) is 25.7 Å². The van der Waals surface area contributed by atoms with Gasteiger partial charge in [0.15, 0.2) is 0 Å². The molecule has 31 heavy (non-hydrogen) atoms. The first-order valence-electron chi connectivity index (χ1n) is 13.5. The fourth-order valence-electron chi connectivity index (χ4n) is 4.33. The minimum atomic E-state index is -4.14. The monoisotopic (exact) mass is 484 g/mol. The maximum atomic E-state index is 11.6. The van der Waals surface area contributed by atoms with Gasteiger partial charge in [-0.15, -0.1) is 0 Å². The average Bonchev–Trinajstić information content (AvgIpc) is 2.70. The first kappa shape index (κ1) is 34.7. The van der Waals surface area contributed by atoms with E-state index in [4.69, 9.17) is 0 Å². The van der Waals surface area contributed by atoms with Crippen LogP contribution in [0.15, 0.2) is 0 Å². The molecule has 0 aromatic heterocycles. The van der Waals surface area contributed by atoms with E-state index < -0.39 is 15.4 Å². The quantitative estimate of drug-likeness (QED) is 0.0971. The first-order chi connectivity index (χ1) is 14.5. The summed E-state index contributed by atoms with van der Waals surface area (Å²) in [6.07, 6.45) is 27.4. The van der Waals surface area contributed by atoms with Gasteiger partial charge in [0, 0.05) is 5.25 Å². The summed E-state index contributed by atoms with van der Waals surface area (Å²) in [4.78, 5) is 0. The van der Waals surface area contributed by atoms with Gasteiger partial charge in [-0.1, -0.05) is 149 Å². The third-order valence-electron chi connectivity index (χ3n) is 6.42. The van der Waals surface area contributed by atoms with E-state index in [0.29, 0.717) is 12.8 Å². The molecule has 5 heteroatoms. The molecule has 0 bridgehead atoms. The van der Waals surface area contributed by atoms with E-state index in [-0.39, 0.29) is 51.4 Å². The summed E-state index contributed by atoms with van der Waals surface area (Å²) < 4.78 is 34.7. The maximum Gasteiger partial charge on any atom is 1.00 e. The molecule has 0 aliphatic rings. The van der Waals surface area contributed by atoms with Gasteiger partial charge < -0.3 is 4.55 Å². The molecule has 0 spiro atoms. The van der Waals surface area contributed by atoms with Crippen LogP contribution in [-0.2, 0) is 10.1 Å². The molecule has 0 aromatic carbocycles. The normalized spacial score (nSPS) is 12.6. The zero-order valence-corrected chi connectivity index (χ0v) is 25.4. The van der Waals surface area contributed by atoms with Crippen LogP contribution >= 0.6 is 0 Å². The molecule has 0 aliphatic carbocycles. The van der Waals surface area contributed by atoms with Gasteiger partial charge in [0.25, 0.3) is 0 Å². The van der Waals surface area contributed by atoms with Crippen molar-refractivity contribution >= 4 is 10.1 Å². The molecular weight excluding hydrogens is 431 g/mol. The summed E-state index contributed by atoms with van der Waals surface area (Å²) in [5.74, 6) is 0. The SMILES string of the molecule is CCCCCCCCCCCCCCCC(CCCCCCCCCC)S(=O)(=O)[O-].[K+]. The van der Waals surface area contributed by atoms with Gasteiger partial charge in [0.05, 0.1) is 10.1 Å². The van der Waals surface area contributed by atoms with Crippen molar-refractivity contribution in [2.75, 3.05) is 0 Å². The van der Waals surface area contributed by atoms with Crippen LogP contribution in [0.25, 0.3) is 0 Å². The van der Waals surface area contributed by atoms with E-state index in [1.165, 1.54) is 109 Å². The van der Waals surface area contributed by atoms with Crippen molar-refractivity contribution in [3.63, 3.8) is 0 Å². The average molecular weight is 485 g/mol. The molecule has 0 heterocycles. The second-order valence-corrected chi connectivity index (χ2v) is 11.1. The van der Waals surface area contributed by atoms with E-state index in [1.54, 1.807) is 0 Å². The summed E-state index contributed by atoms with van der Waals surface area (Å²) in [6.45, 7) is 4.48. The molecule has 0 fully saturated rings. The van der Waals surface area contributed by atoms with Crippen molar-refractivity contribution in [2.45, 2.75) is 167 Å². The Morgan fingerprint density at radius 3 is 0.935 bits per heavy atom. The van der Waals surface area contributed by atoms with Gasteiger partial charge in [-0.25, -0.2) is 8.42 Å². The molecule has 1 atom stereocenters. The summed E-state index contributed by atoms with van der Waals surface area (Å²) >= 11 is 0. The van der Waals surface area contributed by atoms with Crippen LogP contribution in [0.2, 0.25) is 0 Å². The molecule has 0 amide bonds. The number of hydrogen-bond acceptors (Lipinski definition) is 3. The van der Waals surface area contributed by atoms with E-state index >= 15 is 0 Å². The fourth-order valence-corrected chi connectivity index (χ4v) is 5.24. The maximum absolute atomic E-state index is 11.6. The van der Waals surface area contributed by atoms with Crippen LogP contribution in [0.4, 0.5) is 0 Å². The Labute approximate surface area is 238 Å². The molecule has 0 N–H and O–H groups in total. The molecule has 3 nitrogen and oxygen atoms in total. The Balaban J connectivity index is 0. The zero-order chi connectivity index (χ0) is 22.3. The Bertz CT molecular complexity index is 440. The minimum Gasteiger partial charge on any atom is -0.748 e. The summed E-state index contributed by atoms with van der Waals surface area (Å²) in [6, 6.07) is 0. The van der Waals surface area contributed by atoms with Crippen molar-refractivity contribution in [1.29, 1.82) is 0 Å². The topological polar surface area (TPSA) is 57.2 Å². The van der Waals surface area contributed by atoms with Crippen LogP contribution in [-0.4, -0.2) is 18.2 Å². The molecule has 0 radical (unpaired) electrons. The zero-order valence-electron chi connectivity index (χ0n) is 21.5.